The molecule has 0 bridgehead atoms. The van der Waals surface area contributed by atoms with Crippen molar-refractivity contribution in [2.75, 3.05) is 0 Å². The van der Waals surface area contributed by atoms with E-state index in [1.54, 1.807) is 17.8 Å². The fourth-order valence-corrected chi connectivity index (χ4v) is 2.75. The van der Waals surface area contributed by atoms with Gasteiger partial charge in [-0.05, 0) is 36.8 Å². The third-order valence-electron chi connectivity index (χ3n) is 2.71. The summed E-state index contributed by atoms with van der Waals surface area (Å²) >= 11 is 13.5. The van der Waals surface area contributed by atoms with Gasteiger partial charge in [0, 0.05) is 22.0 Å². The predicted octanol–water partition coefficient (Wildman–Crippen LogP) is 4.95. The Balaban J connectivity index is 2.12. The lowest BCUT2D eigenvalue weighted by Crippen LogP contribution is -2.10. The summed E-state index contributed by atoms with van der Waals surface area (Å²) in [4.78, 5) is 6.46. The molecule has 2 N–H and O–H groups in total. The molecule has 2 rings (SSSR count). The standard InChI is InChI=1S/C14H14Cl2N2S/c1-2-13(17)14-6-4-10(8-18-14)19-9-3-5-11(15)12(16)7-9/h3-8,13H,2,17H2,1H3/t13-/m0/s1. The average Bonchev–Trinajstić information content (AvgIpc) is 2.43. The molecule has 0 unspecified atom stereocenters. The van der Waals surface area contributed by atoms with Gasteiger partial charge in [0.1, 0.15) is 0 Å². The monoisotopic (exact) mass is 312 g/mol. The second-order valence-corrected chi connectivity index (χ2v) is 6.07. The molecule has 0 fully saturated rings. The lowest BCUT2D eigenvalue weighted by atomic mass is 10.1. The van der Waals surface area contributed by atoms with Crippen molar-refractivity contribution in [2.24, 2.45) is 5.73 Å². The van der Waals surface area contributed by atoms with E-state index in [4.69, 9.17) is 28.9 Å². The van der Waals surface area contributed by atoms with E-state index in [0.29, 0.717) is 10.0 Å². The summed E-state index contributed by atoms with van der Waals surface area (Å²) in [6, 6.07) is 9.56. The third-order valence-corrected chi connectivity index (χ3v) is 4.41. The fraction of sp³-hybridized carbons (Fsp3) is 0.214. The van der Waals surface area contributed by atoms with Crippen LogP contribution in [-0.2, 0) is 0 Å². The van der Waals surface area contributed by atoms with Gasteiger partial charge >= 0.3 is 0 Å². The quantitative estimate of drug-likeness (QED) is 0.868. The van der Waals surface area contributed by atoms with E-state index >= 15 is 0 Å². The summed E-state index contributed by atoms with van der Waals surface area (Å²) < 4.78 is 0. The van der Waals surface area contributed by atoms with Gasteiger partial charge in [-0.1, -0.05) is 41.9 Å². The second kappa shape index (κ2) is 6.62. The number of nitrogens with zero attached hydrogens (tertiary/aromatic N) is 1. The van der Waals surface area contributed by atoms with Crippen LogP contribution in [0.25, 0.3) is 0 Å². The highest BCUT2D eigenvalue weighted by Gasteiger charge is 2.06. The summed E-state index contributed by atoms with van der Waals surface area (Å²) in [6.45, 7) is 2.05. The van der Waals surface area contributed by atoms with Crippen LogP contribution in [0.4, 0.5) is 0 Å². The maximum Gasteiger partial charge on any atom is 0.0603 e. The molecule has 0 radical (unpaired) electrons. The molecular formula is C14H14Cl2N2S. The van der Waals surface area contributed by atoms with Crippen molar-refractivity contribution in [3.8, 4) is 0 Å². The molecule has 100 valence electrons. The van der Waals surface area contributed by atoms with Crippen LogP contribution >= 0.6 is 35.0 Å². The van der Waals surface area contributed by atoms with Gasteiger partial charge in [-0.2, -0.15) is 0 Å². The van der Waals surface area contributed by atoms with Crippen LogP contribution in [0.1, 0.15) is 25.1 Å². The van der Waals surface area contributed by atoms with Gasteiger partial charge in [0.05, 0.1) is 15.7 Å². The zero-order valence-corrected chi connectivity index (χ0v) is 12.8. The van der Waals surface area contributed by atoms with Crippen molar-refractivity contribution in [3.63, 3.8) is 0 Å². The largest absolute Gasteiger partial charge is 0.323 e. The van der Waals surface area contributed by atoms with Crippen LogP contribution in [0, 0.1) is 0 Å². The highest BCUT2D eigenvalue weighted by Crippen LogP contribution is 2.32. The molecule has 0 aliphatic rings. The molecule has 2 nitrogen and oxygen atoms in total. The zero-order valence-electron chi connectivity index (χ0n) is 10.4. The lowest BCUT2D eigenvalue weighted by Gasteiger charge is -2.08. The number of rotatable bonds is 4. The third kappa shape index (κ3) is 3.86. The smallest absolute Gasteiger partial charge is 0.0603 e. The molecule has 0 aliphatic heterocycles. The molecule has 1 heterocycles. The number of aromatic nitrogens is 1. The van der Waals surface area contributed by atoms with E-state index in [2.05, 4.69) is 4.98 Å². The minimum atomic E-state index is 0.00373. The first-order valence-electron chi connectivity index (χ1n) is 5.94. The minimum Gasteiger partial charge on any atom is -0.323 e. The molecule has 0 amide bonds. The maximum absolute atomic E-state index is 5.99. The van der Waals surface area contributed by atoms with Crippen LogP contribution in [-0.4, -0.2) is 4.98 Å². The molecule has 5 heteroatoms. The van der Waals surface area contributed by atoms with Gasteiger partial charge in [0.15, 0.2) is 0 Å². The molecule has 0 saturated heterocycles. The molecule has 1 atom stereocenters. The van der Waals surface area contributed by atoms with Gasteiger partial charge in [-0.15, -0.1) is 0 Å². The molecule has 1 aromatic heterocycles. The molecule has 19 heavy (non-hydrogen) atoms. The van der Waals surface area contributed by atoms with E-state index in [0.717, 1.165) is 21.9 Å². The summed E-state index contributed by atoms with van der Waals surface area (Å²) in [5.41, 5.74) is 6.85. The SMILES string of the molecule is CC[C@H](N)c1ccc(Sc2ccc(Cl)c(Cl)c2)cn1. The van der Waals surface area contributed by atoms with Crippen LogP contribution in [0.3, 0.4) is 0 Å². The number of halogens is 2. The predicted molar refractivity (Wildman–Crippen MR) is 82.0 cm³/mol. The summed E-state index contributed by atoms with van der Waals surface area (Å²) in [7, 11) is 0. The molecule has 0 saturated carbocycles. The Bertz CT molecular complexity index is 558. The number of hydrogen-bond acceptors (Lipinski definition) is 3. The molecule has 0 spiro atoms. The van der Waals surface area contributed by atoms with Gasteiger partial charge in [0.2, 0.25) is 0 Å². The van der Waals surface area contributed by atoms with E-state index < -0.39 is 0 Å². The van der Waals surface area contributed by atoms with E-state index in [1.807, 2.05) is 37.4 Å². The lowest BCUT2D eigenvalue weighted by molar-refractivity contribution is 0.674. The Morgan fingerprint density at radius 3 is 2.47 bits per heavy atom. The second-order valence-electron chi connectivity index (χ2n) is 4.11. The van der Waals surface area contributed by atoms with Crippen LogP contribution in [0.5, 0.6) is 0 Å². The first kappa shape index (κ1) is 14.7. The normalized spacial score (nSPS) is 12.4. The van der Waals surface area contributed by atoms with Gasteiger partial charge in [-0.3, -0.25) is 4.98 Å². The number of nitrogens with two attached hydrogens (primary N) is 1. The summed E-state index contributed by atoms with van der Waals surface area (Å²) in [6.07, 6.45) is 2.71. The Kier molecular flexibility index (Phi) is 5.11. The van der Waals surface area contributed by atoms with Crippen molar-refractivity contribution in [1.29, 1.82) is 0 Å². The first-order valence-corrected chi connectivity index (χ1v) is 7.52. The molecule has 2 aromatic rings. The van der Waals surface area contributed by atoms with Crippen LogP contribution in [0.15, 0.2) is 46.3 Å². The van der Waals surface area contributed by atoms with Crippen molar-refractivity contribution in [1.82, 2.24) is 4.98 Å². The highest BCUT2D eigenvalue weighted by atomic mass is 35.5. The molecule has 0 aliphatic carbocycles. The van der Waals surface area contributed by atoms with Crippen LogP contribution in [0.2, 0.25) is 10.0 Å². The summed E-state index contributed by atoms with van der Waals surface area (Å²) in [5, 5.41) is 1.12. The van der Waals surface area contributed by atoms with Crippen LogP contribution < -0.4 is 5.73 Å². The fourth-order valence-electron chi connectivity index (χ4n) is 1.56. The van der Waals surface area contributed by atoms with E-state index in [9.17, 15) is 0 Å². The van der Waals surface area contributed by atoms with Crippen molar-refractivity contribution < 1.29 is 0 Å². The van der Waals surface area contributed by atoms with Crippen molar-refractivity contribution in [3.05, 3.63) is 52.3 Å². The summed E-state index contributed by atoms with van der Waals surface area (Å²) in [5.74, 6) is 0. The Labute approximate surface area is 127 Å². The first-order chi connectivity index (χ1) is 9.10. The van der Waals surface area contributed by atoms with Gasteiger partial charge in [0.25, 0.3) is 0 Å². The van der Waals surface area contributed by atoms with Gasteiger partial charge < -0.3 is 5.73 Å². The average molecular weight is 313 g/mol. The Morgan fingerprint density at radius 2 is 1.89 bits per heavy atom. The van der Waals surface area contributed by atoms with E-state index in [1.165, 1.54) is 0 Å². The van der Waals surface area contributed by atoms with Crippen molar-refractivity contribution in [2.45, 2.75) is 29.2 Å². The minimum absolute atomic E-state index is 0.00373. The molecule has 1 aromatic carbocycles. The number of hydrogen-bond donors (Lipinski definition) is 1. The van der Waals surface area contributed by atoms with E-state index in [-0.39, 0.29) is 6.04 Å². The Morgan fingerprint density at radius 1 is 1.16 bits per heavy atom. The Hall–Kier alpha value is -0.740. The molecular weight excluding hydrogens is 299 g/mol. The number of benzene rings is 1. The maximum atomic E-state index is 5.99. The van der Waals surface area contributed by atoms with Gasteiger partial charge in [-0.25, -0.2) is 0 Å². The van der Waals surface area contributed by atoms with Crippen molar-refractivity contribution >= 4 is 35.0 Å². The zero-order chi connectivity index (χ0) is 13.8. The topological polar surface area (TPSA) is 38.9 Å². The highest BCUT2D eigenvalue weighted by molar-refractivity contribution is 7.99. The number of pyridine rings is 1.